The maximum atomic E-state index is 12.1. The summed E-state index contributed by atoms with van der Waals surface area (Å²) in [6.45, 7) is 0.337. The second kappa shape index (κ2) is 8.94. The molecule has 138 valence electrons. The Balaban J connectivity index is 1.83. The molecule has 3 unspecified atom stereocenters. The van der Waals surface area contributed by atoms with Crippen LogP contribution in [0.4, 0.5) is 0 Å². The number of methoxy groups -OCH3 is 1. The third kappa shape index (κ3) is 4.49. The van der Waals surface area contributed by atoms with Gasteiger partial charge < -0.3 is 19.3 Å². The van der Waals surface area contributed by atoms with Crippen molar-refractivity contribution in [2.24, 2.45) is 0 Å². The summed E-state index contributed by atoms with van der Waals surface area (Å²) in [5.41, 5.74) is 2.01. The first-order valence-electron chi connectivity index (χ1n) is 8.85. The Hall–Kier alpha value is -2.21. The van der Waals surface area contributed by atoms with Gasteiger partial charge >= 0.3 is 5.97 Å². The van der Waals surface area contributed by atoms with Crippen molar-refractivity contribution in [2.45, 2.75) is 44.4 Å². The molecule has 0 bridgehead atoms. The smallest absolute Gasteiger partial charge is 0.338 e. The maximum absolute atomic E-state index is 12.1. The fourth-order valence-electron chi connectivity index (χ4n) is 3.17. The zero-order chi connectivity index (χ0) is 18.4. The second-order valence-electron chi connectivity index (χ2n) is 6.38. The minimum Gasteiger partial charge on any atom is -0.465 e. The summed E-state index contributed by atoms with van der Waals surface area (Å²) in [7, 11) is 1.35. The number of carbonyl (C=O) groups excluding carboxylic acids is 1. The normalized spacial score (nSPS) is 20.7. The average molecular weight is 356 g/mol. The standard InChI is InChI=1S/C21H24O5/c1-24-20(23)16-10-5-6-11-17(16)21(26-19-13-7-12-18(19)22)25-14-15-8-3-2-4-9-15/h2-6,8-11,18-19,21-22H,7,12-14H2,1H3. The molecular weight excluding hydrogens is 332 g/mol. The Morgan fingerprint density at radius 3 is 2.54 bits per heavy atom. The van der Waals surface area contributed by atoms with Crippen LogP contribution in [0.1, 0.15) is 47.0 Å². The van der Waals surface area contributed by atoms with Crippen LogP contribution in [0, 0.1) is 0 Å². The molecule has 0 saturated heterocycles. The Labute approximate surface area is 153 Å². The van der Waals surface area contributed by atoms with Gasteiger partial charge in [0.2, 0.25) is 0 Å². The van der Waals surface area contributed by atoms with Crippen LogP contribution < -0.4 is 0 Å². The molecule has 2 aromatic carbocycles. The zero-order valence-corrected chi connectivity index (χ0v) is 14.8. The lowest BCUT2D eigenvalue weighted by atomic mass is 10.1. The van der Waals surface area contributed by atoms with Crippen molar-refractivity contribution < 1.29 is 24.1 Å². The zero-order valence-electron chi connectivity index (χ0n) is 14.8. The number of aliphatic hydroxyl groups excluding tert-OH is 1. The van der Waals surface area contributed by atoms with E-state index < -0.39 is 18.4 Å². The number of carbonyl (C=O) groups is 1. The number of esters is 1. The Bertz CT molecular complexity index is 715. The summed E-state index contributed by atoms with van der Waals surface area (Å²) >= 11 is 0. The van der Waals surface area contributed by atoms with Gasteiger partial charge in [0.25, 0.3) is 0 Å². The van der Waals surface area contributed by atoms with Crippen molar-refractivity contribution in [2.75, 3.05) is 7.11 Å². The maximum Gasteiger partial charge on any atom is 0.338 e. The summed E-state index contributed by atoms with van der Waals surface area (Å²) in [5, 5.41) is 10.1. The molecule has 0 heterocycles. The van der Waals surface area contributed by atoms with E-state index in [9.17, 15) is 9.90 Å². The highest BCUT2D eigenvalue weighted by Gasteiger charge is 2.31. The summed E-state index contributed by atoms with van der Waals surface area (Å²) in [6, 6.07) is 16.8. The van der Waals surface area contributed by atoms with Crippen molar-refractivity contribution in [1.82, 2.24) is 0 Å². The first-order valence-corrected chi connectivity index (χ1v) is 8.85. The van der Waals surface area contributed by atoms with E-state index in [2.05, 4.69) is 0 Å². The molecular formula is C21H24O5. The molecule has 2 aromatic rings. The van der Waals surface area contributed by atoms with Gasteiger partial charge in [-0.1, -0.05) is 48.5 Å². The lowest BCUT2D eigenvalue weighted by molar-refractivity contribution is -0.196. The molecule has 3 atom stereocenters. The molecule has 5 heteroatoms. The minimum absolute atomic E-state index is 0.304. The second-order valence-corrected chi connectivity index (χ2v) is 6.38. The average Bonchev–Trinajstić information content (AvgIpc) is 3.10. The van der Waals surface area contributed by atoms with Crippen LogP contribution in [0.25, 0.3) is 0 Å². The third-order valence-electron chi connectivity index (χ3n) is 4.58. The predicted octanol–water partition coefficient (Wildman–Crippen LogP) is 3.62. The van der Waals surface area contributed by atoms with Crippen LogP contribution in [0.15, 0.2) is 54.6 Å². The van der Waals surface area contributed by atoms with E-state index in [0.29, 0.717) is 24.2 Å². The lowest BCUT2D eigenvalue weighted by Gasteiger charge is -2.26. The molecule has 0 aromatic heterocycles. The minimum atomic E-state index is -0.761. The van der Waals surface area contributed by atoms with Gasteiger partial charge in [-0.25, -0.2) is 4.79 Å². The van der Waals surface area contributed by atoms with Crippen LogP contribution in [0.3, 0.4) is 0 Å². The SMILES string of the molecule is COC(=O)c1ccccc1C(OCc1ccccc1)OC1CCCC1O. The van der Waals surface area contributed by atoms with E-state index >= 15 is 0 Å². The first kappa shape index (κ1) is 18.6. The molecule has 1 fully saturated rings. The topological polar surface area (TPSA) is 65.0 Å². The van der Waals surface area contributed by atoms with E-state index in [0.717, 1.165) is 18.4 Å². The molecule has 5 nitrogen and oxygen atoms in total. The van der Waals surface area contributed by atoms with Gasteiger partial charge in [-0.15, -0.1) is 0 Å². The quantitative estimate of drug-likeness (QED) is 0.606. The van der Waals surface area contributed by atoms with Gasteiger partial charge in [0.1, 0.15) is 0 Å². The van der Waals surface area contributed by atoms with E-state index in [4.69, 9.17) is 14.2 Å². The molecule has 1 aliphatic rings. The highest BCUT2D eigenvalue weighted by molar-refractivity contribution is 5.91. The summed E-state index contributed by atoms with van der Waals surface area (Å²) in [6.07, 6.45) is 0.824. The summed E-state index contributed by atoms with van der Waals surface area (Å²) < 4.78 is 17.0. The van der Waals surface area contributed by atoms with Crippen molar-refractivity contribution in [3.05, 3.63) is 71.3 Å². The number of aliphatic hydroxyl groups is 1. The molecule has 0 radical (unpaired) electrons. The van der Waals surface area contributed by atoms with Gasteiger partial charge in [-0.2, -0.15) is 0 Å². The predicted molar refractivity (Wildman–Crippen MR) is 96.5 cm³/mol. The van der Waals surface area contributed by atoms with Gasteiger partial charge in [-0.05, 0) is 30.9 Å². The van der Waals surface area contributed by atoms with Crippen LogP contribution in [0.5, 0.6) is 0 Å². The van der Waals surface area contributed by atoms with Crippen LogP contribution in [-0.4, -0.2) is 30.4 Å². The number of rotatable bonds is 7. The monoisotopic (exact) mass is 356 g/mol. The van der Waals surface area contributed by atoms with Gasteiger partial charge in [0, 0.05) is 5.56 Å². The summed E-state index contributed by atoms with van der Waals surface area (Å²) in [4.78, 5) is 12.1. The fraction of sp³-hybridized carbons (Fsp3) is 0.381. The molecule has 0 aliphatic heterocycles. The highest BCUT2D eigenvalue weighted by Crippen LogP contribution is 2.31. The van der Waals surface area contributed by atoms with Crippen LogP contribution >= 0.6 is 0 Å². The van der Waals surface area contributed by atoms with E-state index in [-0.39, 0.29) is 6.10 Å². The molecule has 1 N–H and O–H groups in total. The Morgan fingerprint density at radius 2 is 1.85 bits per heavy atom. The Kier molecular flexibility index (Phi) is 6.39. The number of benzene rings is 2. The first-order chi connectivity index (χ1) is 12.7. The molecule has 1 saturated carbocycles. The number of ether oxygens (including phenoxy) is 3. The van der Waals surface area contributed by atoms with Crippen LogP contribution in [0.2, 0.25) is 0 Å². The largest absolute Gasteiger partial charge is 0.465 e. The van der Waals surface area contributed by atoms with Gasteiger partial charge in [0.05, 0.1) is 31.5 Å². The fourth-order valence-corrected chi connectivity index (χ4v) is 3.17. The molecule has 0 spiro atoms. The highest BCUT2D eigenvalue weighted by atomic mass is 16.7. The Morgan fingerprint density at radius 1 is 1.12 bits per heavy atom. The molecule has 26 heavy (non-hydrogen) atoms. The van der Waals surface area contributed by atoms with E-state index in [1.165, 1.54) is 7.11 Å². The van der Waals surface area contributed by atoms with Gasteiger partial charge in [0.15, 0.2) is 6.29 Å². The number of hydrogen-bond acceptors (Lipinski definition) is 5. The van der Waals surface area contributed by atoms with E-state index in [1.54, 1.807) is 18.2 Å². The number of hydrogen-bond donors (Lipinski definition) is 1. The van der Waals surface area contributed by atoms with Crippen molar-refractivity contribution in [1.29, 1.82) is 0 Å². The van der Waals surface area contributed by atoms with Gasteiger partial charge in [-0.3, -0.25) is 0 Å². The molecule has 3 rings (SSSR count). The molecule has 1 aliphatic carbocycles. The molecule has 0 amide bonds. The van der Waals surface area contributed by atoms with Crippen LogP contribution in [-0.2, 0) is 20.8 Å². The van der Waals surface area contributed by atoms with Crippen molar-refractivity contribution in [3.63, 3.8) is 0 Å². The summed E-state index contributed by atoms with van der Waals surface area (Å²) in [5.74, 6) is -0.440. The third-order valence-corrected chi connectivity index (χ3v) is 4.58. The lowest BCUT2D eigenvalue weighted by Crippen LogP contribution is -2.27. The van der Waals surface area contributed by atoms with E-state index in [1.807, 2.05) is 36.4 Å². The van der Waals surface area contributed by atoms with Crippen molar-refractivity contribution >= 4 is 5.97 Å². The van der Waals surface area contributed by atoms with Crippen molar-refractivity contribution in [3.8, 4) is 0 Å².